The van der Waals surface area contributed by atoms with Gasteiger partial charge in [-0.2, -0.15) is 0 Å². The lowest BCUT2D eigenvalue weighted by molar-refractivity contribution is 0.0174. The number of alkyl halides is 2. The van der Waals surface area contributed by atoms with Crippen LogP contribution in [0.3, 0.4) is 0 Å². The topological polar surface area (TPSA) is 75.3 Å². The molecule has 1 amide bonds. The normalized spacial score (nSPS) is 12.2. The van der Waals surface area contributed by atoms with Gasteiger partial charge in [0.1, 0.15) is 4.21 Å². The van der Waals surface area contributed by atoms with E-state index < -0.39 is 21.9 Å². The highest BCUT2D eigenvalue weighted by Crippen LogP contribution is 2.28. The largest absolute Gasteiger partial charge is 0.347 e. The summed E-state index contributed by atoms with van der Waals surface area (Å²) in [4.78, 5) is 12.4. The maximum atomic E-state index is 13.3. The molecule has 0 spiro atoms. The number of carbonyl (C=O) groups is 1. The lowest BCUT2D eigenvalue weighted by atomic mass is 10.0. The number of nitrogens with one attached hydrogen (secondary N) is 2. The second-order valence-electron chi connectivity index (χ2n) is 5.54. The fourth-order valence-corrected chi connectivity index (χ4v) is 4.18. The third-order valence-corrected chi connectivity index (χ3v) is 6.62. The van der Waals surface area contributed by atoms with Crippen molar-refractivity contribution in [2.45, 2.75) is 30.5 Å². The predicted octanol–water partition coefficient (Wildman–Crippen LogP) is 3.01. The van der Waals surface area contributed by atoms with Crippen LogP contribution in [0.1, 0.15) is 33.3 Å². The summed E-state index contributed by atoms with van der Waals surface area (Å²) in [5.74, 6) is -3.34. The standard InChI is InChI=1S/C16H18F2N2O3S2/c1-10-8-12(16(2,17)18)5-4-11(10)9-20-15(21)13-6-7-14(24-13)25(22,23)19-3/h4-8,19H,9H2,1-3H3,(H,20,21). The van der Waals surface area contributed by atoms with Gasteiger partial charge >= 0.3 is 0 Å². The van der Waals surface area contributed by atoms with Crippen LogP contribution in [0.2, 0.25) is 0 Å². The van der Waals surface area contributed by atoms with E-state index in [1.54, 1.807) is 13.0 Å². The number of hydrogen-bond acceptors (Lipinski definition) is 4. The molecule has 25 heavy (non-hydrogen) atoms. The van der Waals surface area contributed by atoms with E-state index in [1.807, 2.05) is 0 Å². The third-order valence-electron chi connectivity index (χ3n) is 3.63. The quantitative estimate of drug-likeness (QED) is 0.799. The first kappa shape index (κ1) is 19.5. The summed E-state index contributed by atoms with van der Waals surface area (Å²) in [5, 5.41) is 2.67. The van der Waals surface area contributed by atoms with E-state index in [2.05, 4.69) is 10.0 Å². The van der Waals surface area contributed by atoms with Gasteiger partial charge in [-0.1, -0.05) is 12.1 Å². The van der Waals surface area contributed by atoms with E-state index in [0.717, 1.165) is 18.3 Å². The lowest BCUT2D eigenvalue weighted by Gasteiger charge is -2.14. The molecule has 2 aromatic rings. The van der Waals surface area contributed by atoms with E-state index in [1.165, 1.54) is 31.3 Å². The smallest absolute Gasteiger partial charge is 0.270 e. The van der Waals surface area contributed by atoms with Crippen molar-refractivity contribution >= 4 is 27.3 Å². The SMILES string of the molecule is CNS(=O)(=O)c1ccc(C(=O)NCc2ccc(C(C)(F)F)cc2C)s1. The van der Waals surface area contributed by atoms with E-state index in [9.17, 15) is 22.0 Å². The first-order valence-corrected chi connectivity index (χ1v) is 9.64. The summed E-state index contributed by atoms with van der Waals surface area (Å²) in [5.41, 5.74) is 1.27. The predicted molar refractivity (Wildman–Crippen MR) is 92.5 cm³/mol. The molecule has 2 N–H and O–H groups in total. The lowest BCUT2D eigenvalue weighted by Crippen LogP contribution is -2.22. The third kappa shape index (κ3) is 4.62. The highest BCUT2D eigenvalue weighted by atomic mass is 32.2. The van der Waals surface area contributed by atoms with Gasteiger partial charge in [-0.05, 0) is 43.3 Å². The summed E-state index contributed by atoms with van der Waals surface area (Å²) in [6.45, 7) is 2.68. The second-order valence-corrected chi connectivity index (χ2v) is 8.74. The van der Waals surface area contributed by atoms with Crippen LogP contribution in [0, 0.1) is 6.92 Å². The van der Waals surface area contributed by atoms with Crippen molar-refractivity contribution in [3.63, 3.8) is 0 Å². The molecule has 1 aromatic heterocycles. The Morgan fingerprint density at radius 1 is 1.24 bits per heavy atom. The number of benzene rings is 1. The highest BCUT2D eigenvalue weighted by Gasteiger charge is 2.24. The van der Waals surface area contributed by atoms with E-state index in [4.69, 9.17) is 0 Å². The van der Waals surface area contributed by atoms with Gasteiger partial charge < -0.3 is 5.32 Å². The molecule has 136 valence electrons. The average Bonchev–Trinajstić information content (AvgIpc) is 3.03. The molecule has 0 radical (unpaired) electrons. The maximum Gasteiger partial charge on any atom is 0.270 e. The van der Waals surface area contributed by atoms with Gasteiger partial charge in [-0.3, -0.25) is 4.79 Å². The second kappa shape index (κ2) is 7.19. The molecule has 2 rings (SSSR count). The number of hydrogen-bond donors (Lipinski definition) is 2. The van der Waals surface area contributed by atoms with Crippen molar-refractivity contribution in [1.82, 2.24) is 10.0 Å². The highest BCUT2D eigenvalue weighted by molar-refractivity contribution is 7.91. The van der Waals surface area contributed by atoms with Crippen molar-refractivity contribution < 1.29 is 22.0 Å². The molecule has 0 aliphatic heterocycles. The molecular weight excluding hydrogens is 370 g/mol. The molecule has 1 heterocycles. The summed E-state index contributed by atoms with van der Waals surface area (Å²) in [6, 6.07) is 7.06. The number of rotatable bonds is 6. The van der Waals surface area contributed by atoms with Crippen LogP contribution in [0.25, 0.3) is 0 Å². The van der Waals surface area contributed by atoms with Gasteiger partial charge in [0.05, 0.1) is 4.88 Å². The summed E-state index contributed by atoms with van der Waals surface area (Å²) >= 11 is 0.856. The maximum absolute atomic E-state index is 13.3. The Labute approximate surface area is 149 Å². The molecule has 0 unspecified atom stereocenters. The number of thiophene rings is 1. The molecule has 1 aromatic carbocycles. The summed E-state index contributed by atoms with van der Waals surface area (Å²) in [7, 11) is -2.29. The van der Waals surface area contributed by atoms with Crippen LogP contribution in [-0.4, -0.2) is 21.4 Å². The minimum atomic E-state index is -3.59. The molecule has 0 atom stereocenters. The summed E-state index contributed by atoms with van der Waals surface area (Å²) < 4.78 is 52.2. The van der Waals surface area contributed by atoms with Crippen molar-refractivity contribution in [3.05, 3.63) is 51.9 Å². The van der Waals surface area contributed by atoms with Crippen LogP contribution in [0.15, 0.2) is 34.5 Å². The van der Waals surface area contributed by atoms with Gasteiger partial charge in [-0.25, -0.2) is 21.9 Å². The molecule has 5 nitrogen and oxygen atoms in total. The van der Waals surface area contributed by atoms with Crippen LogP contribution in [-0.2, 0) is 22.5 Å². The first-order chi connectivity index (χ1) is 11.5. The van der Waals surface area contributed by atoms with Crippen molar-refractivity contribution in [2.75, 3.05) is 7.05 Å². The van der Waals surface area contributed by atoms with E-state index >= 15 is 0 Å². The molecule has 0 aliphatic rings. The Balaban J connectivity index is 2.08. The number of sulfonamides is 1. The minimum Gasteiger partial charge on any atom is -0.347 e. The minimum absolute atomic E-state index is 0.0471. The Bertz CT molecular complexity index is 887. The zero-order valence-electron chi connectivity index (χ0n) is 13.9. The Morgan fingerprint density at radius 3 is 2.48 bits per heavy atom. The summed E-state index contributed by atoms with van der Waals surface area (Å²) in [6.07, 6.45) is 0. The van der Waals surface area contributed by atoms with E-state index in [-0.39, 0.29) is 21.2 Å². The molecule has 0 saturated heterocycles. The van der Waals surface area contributed by atoms with Crippen LogP contribution >= 0.6 is 11.3 Å². The molecule has 9 heteroatoms. The fraction of sp³-hybridized carbons (Fsp3) is 0.312. The van der Waals surface area contributed by atoms with Crippen LogP contribution < -0.4 is 10.0 Å². The zero-order valence-corrected chi connectivity index (χ0v) is 15.5. The molecule has 0 aliphatic carbocycles. The van der Waals surface area contributed by atoms with Crippen LogP contribution in [0.5, 0.6) is 0 Å². The van der Waals surface area contributed by atoms with Gasteiger partial charge in [0.15, 0.2) is 0 Å². The van der Waals surface area contributed by atoms with Crippen molar-refractivity contribution in [1.29, 1.82) is 0 Å². The van der Waals surface area contributed by atoms with Crippen molar-refractivity contribution in [2.24, 2.45) is 0 Å². The molecular formula is C16H18F2N2O3S2. The molecule has 0 saturated carbocycles. The van der Waals surface area contributed by atoms with Gasteiger partial charge in [-0.15, -0.1) is 11.3 Å². The first-order valence-electron chi connectivity index (χ1n) is 7.34. The number of carbonyl (C=O) groups excluding carboxylic acids is 1. The van der Waals surface area contributed by atoms with Gasteiger partial charge in [0.2, 0.25) is 10.0 Å². The fourth-order valence-electron chi connectivity index (χ4n) is 2.12. The zero-order chi connectivity index (χ0) is 18.8. The Morgan fingerprint density at radius 2 is 1.92 bits per heavy atom. The van der Waals surface area contributed by atoms with Crippen molar-refractivity contribution in [3.8, 4) is 0 Å². The Kier molecular flexibility index (Phi) is 5.60. The average molecular weight is 388 g/mol. The molecule has 0 bridgehead atoms. The van der Waals surface area contributed by atoms with Gasteiger partial charge in [0, 0.05) is 19.0 Å². The van der Waals surface area contributed by atoms with E-state index in [0.29, 0.717) is 11.1 Å². The molecule has 0 fully saturated rings. The van der Waals surface area contributed by atoms with Crippen LogP contribution in [0.4, 0.5) is 8.78 Å². The monoisotopic (exact) mass is 388 g/mol. The Hall–Kier alpha value is -1.84. The number of halogens is 2. The number of amides is 1. The van der Waals surface area contributed by atoms with Gasteiger partial charge in [0.25, 0.3) is 11.8 Å². The number of aryl methyl sites for hydroxylation is 1.